The molecule has 0 aliphatic heterocycles. The Hall–Kier alpha value is -3.30. The van der Waals surface area contributed by atoms with E-state index in [9.17, 15) is 4.79 Å². The topological polar surface area (TPSA) is 156 Å². The van der Waals surface area contributed by atoms with Gasteiger partial charge in [-0.2, -0.15) is 15.0 Å². The Morgan fingerprint density at radius 2 is 1.87 bits per heavy atom. The van der Waals surface area contributed by atoms with E-state index < -0.39 is 5.97 Å². The SMILES string of the molecule is Cc1cc(C(=O)OCc2nc(N)nc(N)n2)c2c(C)noc2n1. The van der Waals surface area contributed by atoms with Crippen LogP contribution in [0.15, 0.2) is 10.6 Å². The first kappa shape index (κ1) is 14.6. The lowest BCUT2D eigenvalue weighted by Crippen LogP contribution is -2.11. The largest absolute Gasteiger partial charge is 0.454 e. The second-order valence-electron chi connectivity index (χ2n) is 4.80. The van der Waals surface area contributed by atoms with E-state index in [-0.39, 0.29) is 30.0 Å². The number of pyridine rings is 1. The molecule has 0 aliphatic carbocycles. The summed E-state index contributed by atoms with van der Waals surface area (Å²) < 4.78 is 10.3. The van der Waals surface area contributed by atoms with Crippen LogP contribution >= 0.6 is 0 Å². The smallest absolute Gasteiger partial charge is 0.339 e. The summed E-state index contributed by atoms with van der Waals surface area (Å²) in [7, 11) is 0. The van der Waals surface area contributed by atoms with Gasteiger partial charge < -0.3 is 20.7 Å². The third-order valence-corrected chi connectivity index (χ3v) is 3.01. The number of carbonyl (C=O) groups excluding carboxylic acids is 1. The van der Waals surface area contributed by atoms with Crippen LogP contribution < -0.4 is 11.5 Å². The monoisotopic (exact) mass is 315 g/mol. The molecular weight excluding hydrogens is 302 g/mol. The Bertz CT molecular complexity index is 886. The molecule has 0 saturated heterocycles. The van der Waals surface area contributed by atoms with Crippen LogP contribution in [0.2, 0.25) is 0 Å². The molecule has 0 saturated carbocycles. The fraction of sp³-hybridized carbons (Fsp3) is 0.231. The first-order chi connectivity index (χ1) is 10.9. The van der Waals surface area contributed by atoms with Crippen molar-refractivity contribution in [3.8, 4) is 0 Å². The molecular formula is C13H13N7O3. The van der Waals surface area contributed by atoms with Gasteiger partial charge in [0.2, 0.25) is 11.9 Å². The molecule has 3 aromatic rings. The number of hydrogen-bond donors (Lipinski definition) is 2. The van der Waals surface area contributed by atoms with Crippen molar-refractivity contribution in [2.24, 2.45) is 0 Å². The summed E-state index contributed by atoms with van der Waals surface area (Å²) in [5.41, 5.74) is 12.7. The second-order valence-corrected chi connectivity index (χ2v) is 4.80. The van der Waals surface area contributed by atoms with Gasteiger partial charge in [0.05, 0.1) is 16.6 Å². The number of hydrogen-bond acceptors (Lipinski definition) is 10. The zero-order chi connectivity index (χ0) is 16.6. The number of fused-ring (bicyclic) bond motifs is 1. The van der Waals surface area contributed by atoms with Crippen molar-refractivity contribution in [1.29, 1.82) is 0 Å². The number of esters is 1. The third-order valence-electron chi connectivity index (χ3n) is 3.01. The molecule has 0 radical (unpaired) electrons. The van der Waals surface area contributed by atoms with Gasteiger partial charge in [-0.05, 0) is 19.9 Å². The average molecular weight is 315 g/mol. The van der Waals surface area contributed by atoms with E-state index in [1.165, 1.54) is 0 Å². The highest BCUT2D eigenvalue weighted by Gasteiger charge is 2.19. The van der Waals surface area contributed by atoms with Crippen LogP contribution in [0.25, 0.3) is 11.1 Å². The summed E-state index contributed by atoms with van der Waals surface area (Å²) in [6, 6.07) is 1.60. The first-order valence-corrected chi connectivity index (χ1v) is 6.60. The molecule has 0 unspecified atom stereocenters. The molecule has 3 heterocycles. The summed E-state index contributed by atoms with van der Waals surface area (Å²) in [4.78, 5) is 27.9. The third kappa shape index (κ3) is 2.86. The van der Waals surface area contributed by atoms with Gasteiger partial charge in [-0.3, -0.25) is 0 Å². The minimum atomic E-state index is -0.579. The van der Waals surface area contributed by atoms with Crippen molar-refractivity contribution in [3.05, 3.63) is 28.8 Å². The quantitative estimate of drug-likeness (QED) is 0.654. The lowest BCUT2D eigenvalue weighted by Gasteiger charge is -2.06. The number of aryl methyl sites for hydroxylation is 2. The van der Waals surface area contributed by atoms with Gasteiger partial charge in [-0.15, -0.1) is 0 Å². The van der Waals surface area contributed by atoms with Crippen LogP contribution in [0.1, 0.15) is 27.6 Å². The second kappa shape index (κ2) is 5.48. The summed E-state index contributed by atoms with van der Waals surface area (Å²) in [6.45, 7) is 3.26. The van der Waals surface area contributed by atoms with Gasteiger partial charge in [-0.1, -0.05) is 5.16 Å². The number of rotatable bonds is 3. The van der Waals surface area contributed by atoms with Gasteiger partial charge in [0.1, 0.15) is 0 Å². The van der Waals surface area contributed by atoms with Gasteiger partial charge in [0, 0.05) is 5.69 Å². The van der Waals surface area contributed by atoms with Gasteiger partial charge in [0.25, 0.3) is 5.71 Å². The van der Waals surface area contributed by atoms with E-state index in [2.05, 4.69) is 25.1 Å². The van der Waals surface area contributed by atoms with Crippen LogP contribution in [0.3, 0.4) is 0 Å². The molecule has 3 rings (SSSR count). The van der Waals surface area contributed by atoms with Crippen molar-refractivity contribution in [1.82, 2.24) is 25.1 Å². The van der Waals surface area contributed by atoms with Crippen molar-refractivity contribution in [3.63, 3.8) is 0 Å². The summed E-state index contributed by atoms with van der Waals surface area (Å²) in [5.74, 6) is -0.502. The maximum Gasteiger partial charge on any atom is 0.339 e. The molecule has 118 valence electrons. The normalized spacial score (nSPS) is 10.9. The zero-order valence-corrected chi connectivity index (χ0v) is 12.4. The Morgan fingerprint density at radius 1 is 1.17 bits per heavy atom. The predicted molar refractivity (Wildman–Crippen MR) is 79.0 cm³/mol. The number of aromatic nitrogens is 5. The molecule has 10 nitrogen and oxygen atoms in total. The molecule has 0 aliphatic rings. The molecule has 4 N–H and O–H groups in total. The first-order valence-electron chi connectivity index (χ1n) is 6.60. The molecule has 3 aromatic heterocycles. The van der Waals surface area contributed by atoms with E-state index in [1.54, 1.807) is 19.9 Å². The summed E-state index contributed by atoms with van der Waals surface area (Å²) >= 11 is 0. The van der Waals surface area contributed by atoms with Crippen LogP contribution in [0, 0.1) is 13.8 Å². The van der Waals surface area contributed by atoms with Crippen molar-refractivity contribution in [2.75, 3.05) is 11.5 Å². The van der Waals surface area contributed by atoms with Gasteiger partial charge >= 0.3 is 5.97 Å². The molecule has 0 amide bonds. The van der Waals surface area contributed by atoms with E-state index >= 15 is 0 Å². The fourth-order valence-corrected chi connectivity index (χ4v) is 2.11. The summed E-state index contributed by atoms with van der Waals surface area (Å²) in [5, 5.41) is 4.32. The highest BCUT2D eigenvalue weighted by atomic mass is 16.5. The molecule has 0 atom stereocenters. The Morgan fingerprint density at radius 3 is 2.57 bits per heavy atom. The Balaban J connectivity index is 1.87. The van der Waals surface area contributed by atoms with Crippen LogP contribution in [0.4, 0.5) is 11.9 Å². The van der Waals surface area contributed by atoms with Gasteiger partial charge in [-0.25, -0.2) is 9.78 Å². The van der Waals surface area contributed by atoms with E-state index in [0.717, 1.165) is 0 Å². The molecule has 23 heavy (non-hydrogen) atoms. The fourth-order valence-electron chi connectivity index (χ4n) is 2.11. The van der Waals surface area contributed by atoms with Crippen molar-refractivity contribution in [2.45, 2.75) is 20.5 Å². The highest BCUT2D eigenvalue weighted by molar-refractivity contribution is 6.03. The Kier molecular flexibility index (Phi) is 3.48. The average Bonchev–Trinajstić information content (AvgIpc) is 2.84. The van der Waals surface area contributed by atoms with E-state index in [1.807, 2.05) is 0 Å². The lowest BCUT2D eigenvalue weighted by molar-refractivity contribution is 0.0464. The summed E-state index contributed by atoms with van der Waals surface area (Å²) in [6.07, 6.45) is 0. The number of ether oxygens (including phenoxy) is 1. The van der Waals surface area contributed by atoms with Crippen molar-refractivity contribution >= 4 is 29.0 Å². The number of carbonyl (C=O) groups is 1. The molecule has 0 bridgehead atoms. The van der Waals surface area contributed by atoms with Crippen LogP contribution in [0.5, 0.6) is 0 Å². The molecule has 0 fully saturated rings. The molecule has 10 heteroatoms. The number of nitrogens with zero attached hydrogens (tertiary/aromatic N) is 5. The highest BCUT2D eigenvalue weighted by Crippen LogP contribution is 2.22. The minimum Gasteiger partial charge on any atom is -0.454 e. The van der Waals surface area contributed by atoms with Gasteiger partial charge in [0.15, 0.2) is 12.4 Å². The van der Waals surface area contributed by atoms with E-state index in [0.29, 0.717) is 22.3 Å². The van der Waals surface area contributed by atoms with Crippen LogP contribution in [-0.2, 0) is 11.3 Å². The van der Waals surface area contributed by atoms with E-state index in [4.69, 9.17) is 20.7 Å². The lowest BCUT2D eigenvalue weighted by atomic mass is 10.1. The Labute approximate surface area is 129 Å². The molecule has 0 spiro atoms. The van der Waals surface area contributed by atoms with Crippen molar-refractivity contribution < 1.29 is 14.1 Å². The minimum absolute atomic E-state index is 0.0411. The molecule has 0 aromatic carbocycles. The maximum absolute atomic E-state index is 12.4. The maximum atomic E-state index is 12.4. The predicted octanol–water partition coefficient (Wildman–Crippen LogP) is 0.546. The number of nitrogens with two attached hydrogens (primary N) is 2. The number of nitrogen functional groups attached to an aromatic ring is 2. The van der Waals surface area contributed by atoms with Crippen LogP contribution in [-0.4, -0.2) is 31.1 Å². The number of anilines is 2. The standard InChI is InChI=1S/C13H13N7O3/c1-5-3-7(9-6(2)20-23-10(9)16-5)11(21)22-4-8-17-12(14)19-13(15)18-8/h3H,4H2,1-2H3,(H4,14,15,17,18,19). The zero-order valence-electron chi connectivity index (χ0n) is 12.4.